The van der Waals surface area contributed by atoms with Crippen LogP contribution in [0.3, 0.4) is 0 Å². The van der Waals surface area contributed by atoms with E-state index in [9.17, 15) is 22.8 Å². The Kier molecular flexibility index (Phi) is 5.43. The van der Waals surface area contributed by atoms with Crippen molar-refractivity contribution in [2.45, 2.75) is 24.9 Å². The SMILES string of the molecule is O=C(NCC(=O)N1CCC[C@H](c2nnc(C(F)(F)F)o2)C1)c1ccccc1. The monoisotopic (exact) mass is 382 g/mol. The highest BCUT2D eigenvalue weighted by Crippen LogP contribution is 2.31. The van der Waals surface area contributed by atoms with Crippen LogP contribution in [0.15, 0.2) is 34.7 Å². The van der Waals surface area contributed by atoms with Crippen LogP contribution in [0.4, 0.5) is 13.2 Å². The van der Waals surface area contributed by atoms with Gasteiger partial charge in [-0.25, -0.2) is 0 Å². The van der Waals surface area contributed by atoms with Gasteiger partial charge in [-0.15, -0.1) is 10.2 Å². The summed E-state index contributed by atoms with van der Waals surface area (Å²) in [5, 5.41) is 9.04. The first-order valence-electron chi connectivity index (χ1n) is 8.36. The van der Waals surface area contributed by atoms with E-state index in [0.717, 1.165) is 0 Å². The van der Waals surface area contributed by atoms with Gasteiger partial charge in [0.25, 0.3) is 5.91 Å². The fourth-order valence-corrected chi connectivity index (χ4v) is 2.88. The average molecular weight is 382 g/mol. The van der Waals surface area contributed by atoms with Gasteiger partial charge >= 0.3 is 12.1 Å². The first-order chi connectivity index (χ1) is 12.8. The summed E-state index contributed by atoms with van der Waals surface area (Å²) < 4.78 is 42.5. The Labute approximate surface area is 152 Å². The number of amides is 2. The maximum Gasteiger partial charge on any atom is 0.470 e. The maximum absolute atomic E-state index is 12.6. The highest BCUT2D eigenvalue weighted by atomic mass is 19.4. The minimum Gasteiger partial charge on any atom is -0.417 e. The lowest BCUT2D eigenvalue weighted by Crippen LogP contribution is -2.44. The van der Waals surface area contributed by atoms with E-state index in [1.165, 1.54) is 4.90 Å². The van der Waals surface area contributed by atoms with Crippen molar-refractivity contribution in [3.05, 3.63) is 47.7 Å². The number of rotatable bonds is 4. The molecule has 7 nitrogen and oxygen atoms in total. The number of benzene rings is 1. The average Bonchev–Trinajstić information content (AvgIpc) is 3.17. The van der Waals surface area contributed by atoms with Crippen LogP contribution in [0.1, 0.15) is 40.9 Å². The summed E-state index contributed by atoms with van der Waals surface area (Å²) in [5.41, 5.74) is 0.437. The summed E-state index contributed by atoms with van der Waals surface area (Å²) in [6.07, 6.45) is -3.57. The first-order valence-corrected chi connectivity index (χ1v) is 8.36. The number of halogens is 3. The number of likely N-dealkylation sites (tertiary alicyclic amines) is 1. The molecule has 1 saturated heterocycles. The fraction of sp³-hybridized carbons (Fsp3) is 0.412. The number of aromatic nitrogens is 2. The van der Waals surface area contributed by atoms with Crippen LogP contribution in [0.25, 0.3) is 0 Å². The topological polar surface area (TPSA) is 88.3 Å². The molecule has 0 aliphatic carbocycles. The molecule has 2 amide bonds. The molecule has 0 radical (unpaired) electrons. The van der Waals surface area contributed by atoms with Gasteiger partial charge in [-0.1, -0.05) is 18.2 Å². The first kappa shape index (κ1) is 18.9. The number of carbonyl (C=O) groups excluding carboxylic acids is 2. The molecule has 1 aliphatic rings. The van der Waals surface area contributed by atoms with Gasteiger partial charge in [0, 0.05) is 18.7 Å². The molecule has 0 unspecified atom stereocenters. The van der Waals surface area contributed by atoms with Crippen molar-refractivity contribution in [3.8, 4) is 0 Å². The number of nitrogens with one attached hydrogen (secondary N) is 1. The van der Waals surface area contributed by atoms with Gasteiger partial charge in [-0.2, -0.15) is 13.2 Å². The van der Waals surface area contributed by atoms with Gasteiger partial charge in [-0.3, -0.25) is 9.59 Å². The van der Waals surface area contributed by atoms with Crippen molar-refractivity contribution in [1.29, 1.82) is 0 Å². The minimum atomic E-state index is -4.70. The Morgan fingerprint density at radius 2 is 1.96 bits per heavy atom. The molecular weight excluding hydrogens is 365 g/mol. The van der Waals surface area contributed by atoms with Gasteiger partial charge in [0.1, 0.15) is 0 Å². The van der Waals surface area contributed by atoms with Gasteiger partial charge < -0.3 is 14.6 Å². The summed E-state index contributed by atoms with van der Waals surface area (Å²) in [5.74, 6) is -2.68. The standard InChI is InChI=1S/C17H17F3N4O3/c18-17(19,20)16-23-22-15(27-16)12-7-4-8-24(10-12)13(25)9-21-14(26)11-5-2-1-3-6-11/h1-3,5-6,12H,4,7-10H2,(H,21,26)/t12-/m0/s1. The summed E-state index contributed by atoms with van der Waals surface area (Å²) in [6, 6.07) is 8.46. The third kappa shape index (κ3) is 4.63. The van der Waals surface area contributed by atoms with E-state index in [2.05, 4.69) is 15.5 Å². The van der Waals surface area contributed by atoms with Crippen LogP contribution < -0.4 is 5.32 Å². The number of nitrogens with zero attached hydrogens (tertiary/aromatic N) is 3. The lowest BCUT2D eigenvalue weighted by Gasteiger charge is -2.31. The maximum atomic E-state index is 12.6. The van der Waals surface area contributed by atoms with Crippen LogP contribution in [0.2, 0.25) is 0 Å². The Morgan fingerprint density at radius 1 is 1.22 bits per heavy atom. The van der Waals surface area contributed by atoms with E-state index >= 15 is 0 Å². The third-order valence-corrected chi connectivity index (χ3v) is 4.24. The van der Waals surface area contributed by atoms with Gasteiger partial charge in [0.2, 0.25) is 11.8 Å². The molecule has 1 aliphatic heterocycles. The van der Waals surface area contributed by atoms with Gasteiger partial charge in [-0.05, 0) is 25.0 Å². The van der Waals surface area contributed by atoms with E-state index < -0.39 is 18.0 Å². The Hall–Kier alpha value is -2.91. The molecule has 0 saturated carbocycles. The Morgan fingerprint density at radius 3 is 2.63 bits per heavy atom. The summed E-state index contributed by atoms with van der Waals surface area (Å²) in [6.45, 7) is 0.425. The normalized spacial score (nSPS) is 17.6. The molecule has 2 heterocycles. The summed E-state index contributed by atoms with van der Waals surface area (Å²) in [4.78, 5) is 25.8. The molecule has 0 bridgehead atoms. The van der Waals surface area contributed by atoms with Crippen molar-refractivity contribution in [3.63, 3.8) is 0 Å². The fourth-order valence-electron chi connectivity index (χ4n) is 2.88. The van der Waals surface area contributed by atoms with E-state index in [4.69, 9.17) is 4.42 Å². The molecule has 144 valence electrons. The molecule has 1 atom stereocenters. The zero-order valence-electron chi connectivity index (χ0n) is 14.2. The highest BCUT2D eigenvalue weighted by molar-refractivity contribution is 5.96. The Bertz CT molecular complexity index is 807. The third-order valence-electron chi connectivity index (χ3n) is 4.24. The Balaban J connectivity index is 1.56. The van der Waals surface area contributed by atoms with E-state index in [1.54, 1.807) is 30.3 Å². The van der Waals surface area contributed by atoms with Crippen LogP contribution in [0, 0.1) is 0 Å². The zero-order chi connectivity index (χ0) is 19.4. The van der Waals surface area contributed by atoms with E-state index in [0.29, 0.717) is 24.9 Å². The van der Waals surface area contributed by atoms with Crippen LogP contribution in [0.5, 0.6) is 0 Å². The second kappa shape index (κ2) is 7.77. The molecule has 0 spiro atoms. The molecule has 10 heteroatoms. The second-order valence-corrected chi connectivity index (χ2v) is 6.17. The number of carbonyl (C=O) groups is 2. The lowest BCUT2D eigenvalue weighted by molar-refractivity contribution is -0.157. The molecular formula is C17H17F3N4O3. The summed E-state index contributed by atoms with van der Waals surface area (Å²) in [7, 11) is 0. The number of piperidine rings is 1. The van der Waals surface area contributed by atoms with Crippen molar-refractivity contribution < 1.29 is 27.2 Å². The molecule has 1 aromatic carbocycles. The van der Waals surface area contributed by atoms with Gasteiger partial charge in [0.05, 0.1) is 12.5 Å². The largest absolute Gasteiger partial charge is 0.470 e. The molecule has 1 aromatic heterocycles. The van der Waals surface area contributed by atoms with Crippen molar-refractivity contribution in [2.24, 2.45) is 0 Å². The van der Waals surface area contributed by atoms with E-state index in [1.807, 2.05) is 0 Å². The zero-order valence-corrected chi connectivity index (χ0v) is 14.2. The predicted octanol–water partition coefficient (Wildman–Crippen LogP) is 2.22. The lowest BCUT2D eigenvalue weighted by atomic mass is 9.98. The van der Waals surface area contributed by atoms with E-state index in [-0.39, 0.29) is 30.8 Å². The number of hydrogen-bond acceptors (Lipinski definition) is 5. The predicted molar refractivity (Wildman–Crippen MR) is 86.6 cm³/mol. The summed E-state index contributed by atoms with van der Waals surface area (Å²) >= 11 is 0. The number of hydrogen-bond donors (Lipinski definition) is 1. The molecule has 1 N–H and O–H groups in total. The van der Waals surface area contributed by atoms with Crippen LogP contribution in [-0.2, 0) is 11.0 Å². The van der Waals surface area contributed by atoms with Crippen LogP contribution in [-0.4, -0.2) is 46.5 Å². The second-order valence-electron chi connectivity index (χ2n) is 6.17. The highest BCUT2D eigenvalue weighted by Gasteiger charge is 2.39. The minimum absolute atomic E-state index is 0.131. The smallest absolute Gasteiger partial charge is 0.417 e. The van der Waals surface area contributed by atoms with Crippen molar-refractivity contribution >= 4 is 11.8 Å². The molecule has 27 heavy (non-hydrogen) atoms. The quantitative estimate of drug-likeness (QED) is 0.876. The molecule has 2 aromatic rings. The van der Waals surface area contributed by atoms with Crippen LogP contribution >= 0.6 is 0 Å². The number of alkyl halides is 3. The molecule has 3 rings (SSSR count). The van der Waals surface area contributed by atoms with Gasteiger partial charge in [0.15, 0.2) is 0 Å². The van der Waals surface area contributed by atoms with Crippen molar-refractivity contribution in [1.82, 2.24) is 20.4 Å². The van der Waals surface area contributed by atoms with Crippen molar-refractivity contribution in [2.75, 3.05) is 19.6 Å². The molecule has 1 fully saturated rings.